The van der Waals surface area contributed by atoms with Gasteiger partial charge in [0, 0.05) is 17.5 Å². The molecule has 2 N–H and O–H groups in total. The summed E-state index contributed by atoms with van der Waals surface area (Å²) >= 11 is 11.5. The molecule has 0 spiro atoms. The molecule has 9 heteroatoms. The van der Waals surface area contributed by atoms with Gasteiger partial charge in [-0.15, -0.1) is 0 Å². The minimum absolute atomic E-state index is 0.164. The number of aryl methyl sites for hydroxylation is 1. The van der Waals surface area contributed by atoms with E-state index in [0.29, 0.717) is 40.2 Å². The van der Waals surface area contributed by atoms with Crippen molar-refractivity contribution in [3.8, 4) is 5.69 Å². The Morgan fingerprint density at radius 1 is 1.43 bits per heavy atom. The van der Waals surface area contributed by atoms with Gasteiger partial charge in [0.1, 0.15) is 0 Å². The Kier molecular flexibility index (Phi) is 5.07. The van der Waals surface area contributed by atoms with Gasteiger partial charge >= 0.3 is 0 Å². The summed E-state index contributed by atoms with van der Waals surface area (Å²) in [5, 5.41) is 15.1. The van der Waals surface area contributed by atoms with Gasteiger partial charge in [-0.25, -0.2) is 4.68 Å². The van der Waals surface area contributed by atoms with Crippen molar-refractivity contribution < 1.29 is 4.79 Å². The lowest BCUT2D eigenvalue weighted by molar-refractivity contribution is 0.0948. The number of amides is 1. The fourth-order valence-corrected chi connectivity index (χ4v) is 3.72. The Morgan fingerprint density at radius 2 is 2.21 bits per heavy atom. The zero-order valence-corrected chi connectivity index (χ0v) is 17.3. The normalized spacial score (nSPS) is 13.7. The first-order valence-corrected chi connectivity index (χ1v) is 10.0. The first-order valence-electron chi connectivity index (χ1n) is 9.26. The van der Waals surface area contributed by atoms with E-state index in [1.54, 1.807) is 6.20 Å². The minimum Gasteiger partial charge on any atom is -0.345 e. The van der Waals surface area contributed by atoms with E-state index in [4.69, 9.17) is 23.8 Å². The van der Waals surface area contributed by atoms with E-state index in [1.807, 2.05) is 41.3 Å². The van der Waals surface area contributed by atoms with Crippen molar-refractivity contribution in [1.29, 1.82) is 0 Å². The maximum Gasteiger partial charge on any atom is 0.255 e. The number of carbonyl (C=O) groups excluding carboxylic acids is 1. The fraction of sp³-hybridized carbons (Fsp3) is 0.368. The molecule has 2 aromatic heterocycles. The zero-order valence-electron chi connectivity index (χ0n) is 15.7. The number of aromatic nitrogens is 5. The number of rotatable bonds is 6. The van der Waals surface area contributed by atoms with E-state index in [0.717, 1.165) is 29.8 Å². The summed E-state index contributed by atoms with van der Waals surface area (Å²) in [5.41, 5.74) is 3.40. The van der Waals surface area contributed by atoms with E-state index < -0.39 is 0 Å². The third kappa shape index (κ3) is 3.49. The van der Waals surface area contributed by atoms with Crippen LogP contribution in [0.5, 0.6) is 0 Å². The van der Waals surface area contributed by atoms with Gasteiger partial charge in [-0.3, -0.25) is 9.89 Å². The second-order valence-corrected chi connectivity index (χ2v) is 7.73. The Bertz CT molecular complexity index is 1090. The SMILES string of the molecule is CCn1c(CNC(=O)c2cnn(-c3ccc(C)c(Cl)c3)c2C2CC2)n[nH]c1=S. The molecule has 1 aliphatic rings. The highest BCUT2D eigenvalue weighted by Crippen LogP contribution is 2.42. The van der Waals surface area contributed by atoms with Gasteiger partial charge in [0.2, 0.25) is 0 Å². The third-order valence-electron chi connectivity index (χ3n) is 4.98. The van der Waals surface area contributed by atoms with Crippen LogP contribution < -0.4 is 5.32 Å². The number of nitrogens with zero attached hydrogens (tertiary/aromatic N) is 4. The first-order chi connectivity index (χ1) is 13.5. The molecule has 2 heterocycles. The van der Waals surface area contributed by atoms with Crippen LogP contribution in [0.25, 0.3) is 5.69 Å². The van der Waals surface area contributed by atoms with Crippen molar-refractivity contribution in [1.82, 2.24) is 29.9 Å². The Morgan fingerprint density at radius 3 is 2.89 bits per heavy atom. The molecule has 28 heavy (non-hydrogen) atoms. The largest absolute Gasteiger partial charge is 0.345 e. The molecule has 0 radical (unpaired) electrons. The average molecular weight is 417 g/mol. The number of halogens is 1. The van der Waals surface area contributed by atoms with Gasteiger partial charge in [-0.2, -0.15) is 10.2 Å². The highest BCUT2D eigenvalue weighted by atomic mass is 35.5. The quantitative estimate of drug-likeness (QED) is 0.597. The summed E-state index contributed by atoms with van der Waals surface area (Å²) in [6.45, 7) is 4.94. The maximum absolute atomic E-state index is 12.9. The van der Waals surface area contributed by atoms with Gasteiger partial charge in [0.15, 0.2) is 10.6 Å². The summed E-state index contributed by atoms with van der Waals surface area (Å²) in [6, 6.07) is 5.82. The summed E-state index contributed by atoms with van der Waals surface area (Å²) in [6.07, 6.45) is 3.74. The third-order valence-corrected chi connectivity index (χ3v) is 5.69. The van der Waals surface area contributed by atoms with Gasteiger partial charge in [0.25, 0.3) is 5.91 Å². The molecule has 1 amide bonds. The lowest BCUT2D eigenvalue weighted by Crippen LogP contribution is -2.25. The van der Waals surface area contributed by atoms with Crippen molar-refractivity contribution in [2.45, 2.75) is 45.7 Å². The van der Waals surface area contributed by atoms with Crippen molar-refractivity contribution in [3.05, 3.63) is 56.8 Å². The first kappa shape index (κ1) is 18.9. The second-order valence-electron chi connectivity index (χ2n) is 6.93. The van der Waals surface area contributed by atoms with Gasteiger partial charge in [-0.1, -0.05) is 17.7 Å². The molecule has 4 rings (SSSR count). The van der Waals surface area contributed by atoms with Crippen LogP contribution in [-0.4, -0.2) is 30.5 Å². The molecule has 1 fully saturated rings. The Balaban J connectivity index is 1.61. The van der Waals surface area contributed by atoms with Crippen LogP contribution in [0.4, 0.5) is 0 Å². The molecular formula is C19H21ClN6OS. The molecule has 0 atom stereocenters. The smallest absolute Gasteiger partial charge is 0.255 e. The van der Waals surface area contributed by atoms with Crippen LogP contribution in [0, 0.1) is 11.7 Å². The maximum atomic E-state index is 12.9. The molecule has 1 aromatic carbocycles. The van der Waals surface area contributed by atoms with Crippen LogP contribution in [0.3, 0.4) is 0 Å². The molecular weight excluding hydrogens is 396 g/mol. The number of nitrogens with one attached hydrogen (secondary N) is 2. The number of hydrogen-bond donors (Lipinski definition) is 2. The Labute approximate surface area is 172 Å². The molecule has 146 valence electrons. The highest BCUT2D eigenvalue weighted by molar-refractivity contribution is 7.71. The number of carbonyl (C=O) groups is 1. The van der Waals surface area contributed by atoms with Crippen molar-refractivity contribution in [2.24, 2.45) is 0 Å². The molecule has 1 saturated carbocycles. The second kappa shape index (κ2) is 7.52. The highest BCUT2D eigenvalue weighted by Gasteiger charge is 2.33. The van der Waals surface area contributed by atoms with Gasteiger partial charge in [0.05, 0.1) is 29.7 Å². The van der Waals surface area contributed by atoms with Gasteiger partial charge in [-0.05, 0) is 56.6 Å². The average Bonchev–Trinajstić information content (AvgIpc) is 3.32. The van der Waals surface area contributed by atoms with Crippen LogP contribution in [0.1, 0.15) is 53.1 Å². The summed E-state index contributed by atoms with van der Waals surface area (Å²) in [7, 11) is 0. The van der Waals surface area contributed by atoms with Crippen LogP contribution >= 0.6 is 23.8 Å². The van der Waals surface area contributed by atoms with E-state index in [2.05, 4.69) is 20.6 Å². The molecule has 3 aromatic rings. The molecule has 0 aliphatic heterocycles. The summed E-state index contributed by atoms with van der Waals surface area (Å²) in [4.78, 5) is 12.9. The number of hydrogen-bond acceptors (Lipinski definition) is 4. The topological polar surface area (TPSA) is 80.5 Å². The number of H-pyrrole nitrogens is 1. The van der Waals surface area contributed by atoms with E-state index in [9.17, 15) is 4.79 Å². The molecule has 0 saturated heterocycles. The van der Waals surface area contributed by atoms with Crippen molar-refractivity contribution in [3.63, 3.8) is 0 Å². The van der Waals surface area contributed by atoms with E-state index in [1.165, 1.54) is 0 Å². The number of benzene rings is 1. The lowest BCUT2D eigenvalue weighted by atomic mass is 10.1. The Hall–Kier alpha value is -2.45. The molecule has 0 unspecified atom stereocenters. The predicted octanol–water partition coefficient (Wildman–Crippen LogP) is 3.92. The monoisotopic (exact) mass is 416 g/mol. The molecule has 0 bridgehead atoms. The number of aromatic amines is 1. The van der Waals surface area contributed by atoms with Gasteiger partial charge < -0.3 is 9.88 Å². The summed E-state index contributed by atoms with van der Waals surface area (Å²) in [5.74, 6) is 0.878. The van der Waals surface area contributed by atoms with Crippen molar-refractivity contribution in [2.75, 3.05) is 0 Å². The minimum atomic E-state index is -0.164. The molecule has 1 aliphatic carbocycles. The summed E-state index contributed by atoms with van der Waals surface area (Å²) < 4.78 is 4.24. The predicted molar refractivity (Wildman–Crippen MR) is 110 cm³/mol. The van der Waals surface area contributed by atoms with Crippen LogP contribution in [0.2, 0.25) is 5.02 Å². The fourth-order valence-electron chi connectivity index (χ4n) is 3.27. The van der Waals surface area contributed by atoms with E-state index in [-0.39, 0.29) is 5.91 Å². The van der Waals surface area contributed by atoms with E-state index >= 15 is 0 Å². The standard InChI is InChI=1S/C19H21ClN6OS/c1-3-25-16(23-24-19(25)28)10-21-18(27)14-9-22-26(17(14)12-5-6-12)13-7-4-11(2)15(20)8-13/h4,7-9,12H,3,5-6,10H2,1-2H3,(H,21,27)(H,24,28). The lowest BCUT2D eigenvalue weighted by Gasteiger charge is -2.11. The van der Waals surface area contributed by atoms with Crippen LogP contribution in [-0.2, 0) is 13.1 Å². The van der Waals surface area contributed by atoms with Crippen molar-refractivity contribution >= 4 is 29.7 Å². The zero-order chi connectivity index (χ0) is 19.8. The molecule has 7 nitrogen and oxygen atoms in total. The van der Waals surface area contributed by atoms with Crippen LogP contribution in [0.15, 0.2) is 24.4 Å².